The fourth-order valence-electron chi connectivity index (χ4n) is 7.84. The number of nitrogens with one attached hydrogen (secondary N) is 3. The van der Waals surface area contributed by atoms with E-state index in [0.29, 0.717) is 18.9 Å². The first kappa shape index (κ1) is 41.6. The summed E-state index contributed by atoms with van der Waals surface area (Å²) < 4.78 is 11.5. The summed E-state index contributed by atoms with van der Waals surface area (Å²) in [7, 11) is 0. The summed E-state index contributed by atoms with van der Waals surface area (Å²) in [5, 5.41) is 53.4. The van der Waals surface area contributed by atoms with Crippen molar-refractivity contribution >= 4 is 18.0 Å². The van der Waals surface area contributed by atoms with E-state index in [-0.39, 0.29) is 35.7 Å². The summed E-state index contributed by atoms with van der Waals surface area (Å²) in [5.41, 5.74) is 5.25. The first-order valence-electron chi connectivity index (χ1n) is 19.6. The molecule has 0 aliphatic carbocycles. The molecule has 3 fully saturated rings. The highest BCUT2D eigenvalue weighted by Crippen LogP contribution is 2.40. The SMILES string of the molecule is Cc1cc(C=CCCN2CCCC3(CCN(C(=O)CNC(=O)NCC(C)C)CC3)C2)ccc1Cc1c(OC2OC(CO)C(O)C(O)C2O)n[nH]c1C(C)C. The van der Waals surface area contributed by atoms with Crippen molar-refractivity contribution in [3.05, 3.63) is 52.2 Å². The van der Waals surface area contributed by atoms with Crippen molar-refractivity contribution in [2.45, 2.75) is 110 Å². The molecule has 0 saturated carbocycles. The van der Waals surface area contributed by atoms with Crippen LogP contribution in [0.3, 0.4) is 0 Å². The van der Waals surface area contributed by atoms with Crippen molar-refractivity contribution in [3.8, 4) is 5.88 Å². The molecule has 14 nitrogen and oxygen atoms in total. The Morgan fingerprint density at radius 2 is 1.83 bits per heavy atom. The second-order valence-corrected chi connectivity index (χ2v) is 16.2. The first-order valence-corrected chi connectivity index (χ1v) is 19.6. The molecule has 0 bridgehead atoms. The number of urea groups is 1. The molecule has 5 unspecified atom stereocenters. The number of aliphatic hydroxyl groups is 4. The Hall–Kier alpha value is -3.53. The monoisotopic (exact) mass is 754 g/mol. The van der Waals surface area contributed by atoms with Crippen molar-refractivity contribution in [2.75, 3.05) is 52.4 Å². The number of rotatable bonds is 14. The Bertz CT molecular complexity index is 1570. The first-order chi connectivity index (χ1) is 25.8. The number of carbonyl (C=O) groups excluding carboxylic acids is 2. The molecule has 5 rings (SSSR count). The third-order valence-corrected chi connectivity index (χ3v) is 11.2. The molecule has 3 amide bonds. The number of carbonyl (C=O) groups is 2. The van der Waals surface area contributed by atoms with Gasteiger partial charge in [0.1, 0.15) is 24.4 Å². The van der Waals surface area contributed by atoms with Gasteiger partial charge in [-0.2, -0.15) is 0 Å². The number of aromatic nitrogens is 2. The summed E-state index contributed by atoms with van der Waals surface area (Å²) in [6.45, 7) is 14.9. The smallest absolute Gasteiger partial charge is 0.315 e. The summed E-state index contributed by atoms with van der Waals surface area (Å²) in [6.07, 6.45) is 3.28. The number of piperidine rings is 2. The molecule has 0 radical (unpaired) electrons. The molecular weight excluding hydrogens is 692 g/mol. The number of aromatic amines is 1. The topological polar surface area (TPSA) is 193 Å². The van der Waals surface area contributed by atoms with Crippen molar-refractivity contribution in [3.63, 3.8) is 0 Å². The van der Waals surface area contributed by atoms with Crippen LogP contribution in [0.25, 0.3) is 6.08 Å². The number of ether oxygens (including phenoxy) is 2. The van der Waals surface area contributed by atoms with Crippen LogP contribution in [0.4, 0.5) is 4.79 Å². The Morgan fingerprint density at radius 3 is 2.52 bits per heavy atom. The van der Waals surface area contributed by atoms with E-state index in [9.17, 15) is 30.0 Å². The number of hydrogen-bond donors (Lipinski definition) is 7. The lowest BCUT2D eigenvalue weighted by atomic mass is 9.72. The molecule has 300 valence electrons. The molecule has 3 saturated heterocycles. The summed E-state index contributed by atoms with van der Waals surface area (Å²) in [5.74, 6) is 0.685. The minimum atomic E-state index is -1.54. The summed E-state index contributed by atoms with van der Waals surface area (Å²) >= 11 is 0. The van der Waals surface area contributed by atoms with E-state index < -0.39 is 37.3 Å². The largest absolute Gasteiger partial charge is 0.443 e. The number of likely N-dealkylation sites (tertiary alicyclic amines) is 2. The normalized spacial score (nSPS) is 24.8. The van der Waals surface area contributed by atoms with Gasteiger partial charge in [-0.3, -0.25) is 9.89 Å². The molecule has 4 heterocycles. The predicted octanol–water partition coefficient (Wildman–Crippen LogP) is 2.67. The summed E-state index contributed by atoms with van der Waals surface area (Å²) in [6, 6.07) is 6.08. The van der Waals surface area contributed by atoms with E-state index in [2.05, 4.69) is 63.0 Å². The average molecular weight is 755 g/mol. The third-order valence-electron chi connectivity index (χ3n) is 11.2. The maximum atomic E-state index is 12.8. The average Bonchev–Trinajstić information content (AvgIpc) is 3.55. The molecule has 3 aliphatic rings. The Kier molecular flexibility index (Phi) is 14.6. The van der Waals surface area contributed by atoms with E-state index in [1.807, 2.05) is 32.6 Å². The molecule has 1 aromatic heterocycles. The van der Waals surface area contributed by atoms with Gasteiger partial charge in [-0.1, -0.05) is 58.0 Å². The Balaban J connectivity index is 1.11. The van der Waals surface area contributed by atoms with Crippen LogP contribution < -0.4 is 15.4 Å². The zero-order valence-electron chi connectivity index (χ0n) is 32.6. The number of nitrogens with zero attached hydrogens (tertiary/aromatic N) is 3. The molecule has 1 aromatic carbocycles. The minimum Gasteiger partial charge on any atom is -0.443 e. The van der Waals surface area contributed by atoms with E-state index in [0.717, 1.165) is 79.9 Å². The summed E-state index contributed by atoms with van der Waals surface area (Å²) in [4.78, 5) is 29.2. The standard InChI is InChI=1S/C40H62N6O8/c1-25(2)21-41-39(52)42-22-32(48)46-17-13-40(14-18-46)12-8-16-45(24-40)15-7-6-9-28-10-11-29(27(5)19-28)20-30-33(26(3)4)43-44-37(30)54-38-36(51)35(50)34(49)31(23-47)53-38/h6,9-11,19,25-26,31,34-36,38,47,49-51H,7-8,12-18,20-24H2,1-5H3,(H,43,44)(H2,41,42,52). The number of aliphatic hydroxyl groups excluding tert-OH is 4. The fraction of sp³-hybridized carbons (Fsp3) is 0.675. The van der Waals surface area contributed by atoms with Crippen molar-refractivity contribution in [2.24, 2.45) is 11.3 Å². The van der Waals surface area contributed by atoms with Crippen LogP contribution in [0.5, 0.6) is 5.88 Å². The predicted molar refractivity (Wildman–Crippen MR) is 205 cm³/mol. The van der Waals surface area contributed by atoms with Gasteiger partial charge in [0, 0.05) is 50.4 Å². The molecule has 5 atom stereocenters. The lowest BCUT2D eigenvalue weighted by molar-refractivity contribution is -0.278. The Morgan fingerprint density at radius 1 is 1.07 bits per heavy atom. The van der Waals surface area contributed by atoms with E-state index >= 15 is 0 Å². The third kappa shape index (κ3) is 10.6. The zero-order chi connectivity index (χ0) is 39.0. The fourth-order valence-corrected chi connectivity index (χ4v) is 7.84. The maximum absolute atomic E-state index is 12.8. The van der Waals surface area contributed by atoms with Crippen LogP contribution in [0.15, 0.2) is 24.3 Å². The van der Waals surface area contributed by atoms with Crippen LogP contribution in [-0.4, -0.2) is 135 Å². The van der Waals surface area contributed by atoms with Crippen molar-refractivity contribution in [1.82, 2.24) is 30.6 Å². The minimum absolute atomic E-state index is 0.0157. The van der Waals surface area contributed by atoms with Crippen molar-refractivity contribution in [1.29, 1.82) is 0 Å². The van der Waals surface area contributed by atoms with Gasteiger partial charge in [-0.15, -0.1) is 5.10 Å². The second kappa shape index (κ2) is 18.9. The van der Waals surface area contributed by atoms with Gasteiger partial charge in [0.15, 0.2) is 0 Å². The van der Waals surface area contributed by atoms with Gasteiger partial charge in [0.25, 0.3) is 0 Å². The zero-order valence-corrected chi connectivity index (χ0v) is 32.6. The van der Waals surface area contributed by atoms with Crippen LogP contribution >= 0.6 is 0 Å². The molecule has 2 aromatic rings. The highest BCUT2D eigenvalue weighted by molar-refractivity contribution is 5.84. The van der Waals surface area contributed by atoms with Crippen LogP contribution in [0.1, 0.15) is 93.7 Å². The van der Waals surface area contributed by atoms with Crippen LogP contribution in [0, 0.1) is 18.3 Å². The lowest BCUT2D eigenvalue weighted by Crippen LogP contribution is -2.60. The van der Waals surface area contributed by atoms with Gasteiger partial charge in [-0.25, -0.2) is 4.79 Å². The lowest BCUT2D eigenvalue weighted by Gasteiger charge is -2.47. The molecule has 14 heteroatoms. The Labute approximate surface area is 319 Å². The van der Waals surface area contributed by atoms with E-state index in [4.69, 9.17) is 9.47 Å². The molecule has 3 aliphatic heterocycles. The van der Waals surface area contributed by atoms with Gasteiger partial charge in [0.05, 0.1) is 13.2 Å². The van der Waals surface area contributed by atoms with E-state index in [1.165, 1.54) is 12.8 Å². The second-order valence-electron chi connectivity index (χ2n) is 16.2. The number of benzene rings is 1. The molecular formula is C40H62N6O8. The molecule has 7 N–H and O–H groups in total. The quantitative estimate of drug-likeness (QED) is 0.151. The highest BCUT2D eigenvalue weighted by Gasteiger charge is 2.45. The number of aryl methyl sites for hydroxylation is 1. The van der Waals surface area contributed by atoms with Crippen molar-refractivity contribution < 1.29 is 39.5 Å². The van der Waals surface area contributed by atoms with E-state index in [1.54, 1.807) is 0 Å². The number of H-pyrrole nitrogens is 1. The maximum Gasteiger partial charge on any atom is 0.315 e. The van der Waals surface area contributed by atoms with Gasteiger partial charge in [-0.05, 0) is 79.5 Å². The van der Waals surface area contributed by atoms with Gasteiger partial charge in [0.2, 0.25) is 18.1 Å². The van der Waals surface area contributed by atoms with Gasteiger partial charge >= 0.3 is 6.03 Å². The van der Waals surface area contributed by atoms with Crippen LogP contribution in [0.2, 0.25) is 0 Å². The van der Waals surface area contributed by atoms with Gasteiger partial charge < -0.3 is 50.3 Å². The molecule has 1 spiro atoms. The number of hydrogen-bond acceptors (Lipinski definition) is 10. The number of amides is 3. The van der Waals surface area contributed by atoms with Crippen LogP contribution in [-0.2, 0) is 16.0 Å². The highest BCUT2D eigenvalue weighted by atomic mass is 16.7. The molecule has 54 heavy (non-hydrogen) atoms.